The zero-order chi connectivity index (χ0) is 15.3. The van der Waals surface area contributed by atoms with Gasteiger partial charge in [-0.3, -0.25) is 0 Å². The lowest BCUT2D eigenvalue weighted by molar-refractivity contribution is -0.00271. The Labute approximate surface area is 130 Å². The Morgan fingerprint density at radius 1 is 1.43 bits per heavy atom. The molecular formula is C14H22N2O3S2. The fourth-order valence-electron chi connectivity index (χ4n) is 2.19. The van der Waals surface area contributed by atoms with Gasteiger partial charge < -0.3 is 10.5 Å². The number of nitrogens with zero attached hydrogens (tertiary/aromatic N) is 1. The number of para-hydroxylation sites is 1. The molecule has 1 unspecified atom stereocenters. The highest BCUT2D eigenvalue weighted by atomic mass is 32.2. The predicted molar refractivity (Wildman–Crippen MR) is 87.0 cm³/mol. The smallest absolute Gasteiger partial charge is 0.215 e. The second kappa shape index (κ2) is 7.49. The summed E-state index contributed by atoms with van der Waals surface area (Å²) < 4.78 is 31.8. The minimum absolute atomic E-state index is 0.0194. The van der Waals surface area contributed by atoms with Gasteiger partial charge in [-0.2, -0.15) is 4.31 Å². The number of thioether (sulfide) groups is 1. The lowest BCUT2D eigenvalue weighted by Crippen LogP contribution is -2.46. The van der Waals surface area contributed by atoms with Gasteiger partial charge in [0.15, 0.2) is 0 Å². The summed E-state index contributed by atoms with van der Waals surface area (Å²) in [4.78, 5) is 0.932. The van der Waals surface area contributed by atoms with Crippen molar-refractivity contribution in [3.63, 3.8) is 0 Å². The van der Waals surface area contributed by atoms with Crippen LogP contribution in [0.1, 0.15) is 13.3 Å². The number of ether oxygens (including phenoxy) is 1. The first kappa shape index (κ1) is 16.6. The Morgan fingerprint density at radius 3 is 2.90 bits per heavy atom. The van der Waals surface area contributed by atoms with E-state index in [1.807, 2.05) is 31.2 Å². The van der Waals surface area contributed by atoms with E-state index < -0.39 is 10.0 Å². The van der Waals surface area contributed by atoms with E-state index in [0.717, 1.165) is 11.3 Å². The second-order valence-corrected chi connectivity index (χ2v) is 8.19. The van der Waals surface area contributed by atoms with E-state index in [4.69, 9.17) is 10.5 Å². The molecule has 1 fully saturated rings. The van der Waals surface area contributed by atoms with Gasteiger partial charge in [0.1, 0.15) is 0 Å². The normalized spacial score (nSPS) is 20.5. The van der Waals surface area contributed by atoms with Crippen LogP contribution in [0.4, 0.5) is 5.69 Å². The maximum Gasteiger partial charge on any atom is 0.215 e. The molecule has 0 amide bonds. The van der Waals surface area contributed by atoms with Crippen molar-refractivity contribution in [2.24, 2.45) is 0 Å². The van der Waals surface area contributed by atoms with Gasteiger partial charge in [0, 0.05) is 29.4 Å². The summed E-state index contributed by atoms with van der Waals surface area (Å²) >= 11 is 1.48. The molecule has 0 saturated carbocycles. The van der Waals surface area contributed by atoms with Crippen molar-refractivity contribution < 1.29 is 13.2 Å². The van der Waals surface area contributed by atoms with Crippen LogP contribution in [0, 0.1) is 0 Å². The van der Waals surface area contributed by atoms with Crippen molar-refractivity contribution in [1.82, 2.24) is 4.31 Å². The van der Waals surface area contributed by atoms with E-state index in [1.54, 1.807) is 4.31 Å². The fraction of sp³-hybridized carbons (Fsp3) is 0.571. The third-order valence-corrected chi connectivity index (χ3v) is 6.66. The zero-order valence-corrected chi connectivity index (χ0v) is 13.8. The Bertz CT molecular complexity index is 563. The van der Waals surface area contributed by atoms with Crippen molar-refractivity contribution in [2.45, 2.75) is 24.3 Å². The minimum atomic E-state index is -3.22. The van der Waals surface area contributed by atoms with Crippen LogP contribution >= 0.6 is 11.8 Å². The quantitative estimate of drug-likeness (QED) is 0.636. The summed E-state index contributed by atoms with van der Waals surface area (Å²) in [6.45, 7) is 3.42. The van der Waals surface area contributed by atoms with Gasteiger partial charge in [0.05, 0.1) is 18.5 Å². The third-order valence-electron chi connectivity index (χ3n) is 3.47. The number of sulfonamides is 1. The SMILES string of the molecule is CCC1CN(S(=O)(=O)CCSc2ccccc2N)CCO1. The summed E-state index contributed by atoms with van der Waals surface area (Å²) in [5.41, 5.74) is 6.54. The van der Waals surface area contributed by atoms with Gasteiger partial charge in [-0.05, 0) is 18.6 Å². The largest absolute Gasteiger partial charge is 0.398 e. The number of hydrogen-bond donors (Lipinski definition) is 1. The molecule has 118 valence electrons. The van der Waals surface area contributed by atoms with Crippen LogP contribution in [0.3, 0.4) is 0 Å². The van der Waals surface area contributed by atoms with E-state index in [-0.39, 0.29) is 11.9 Å². The zero-order valence-electron chi connectivity index (χ0n) is 12.2. The average Bonchev–Trinajstić information content (AvgIpc) is 2.49. The van der Waals surface area contributed by atoms with Crippen molar-refractivity contribution in [3.8, 4) is 0 Å². The maximum absolute atomic E-state index is 12.3. The highest BCUT2D eigenvalue weighted by molar-refractivity contribution is 8.00. The third kappa shape index (κ3) is 4.60. The molecule has 1 aliphatic heterocycles. The summed E-state index contributed by atoms with van der Waals surface area (Å²) in [6, 6.07) is 7.51. The van der Waals surface area contributed by atoms with Crippen molar-refractivity contribution in [2.75, 3.05) is 36.9 Å². The average molecular weight is 330 g/mol. The van der Waals surface area contributed by atoms with Gasteiger partial charge in [0.2, 0.25) is 10.0 Å². The Morgan fingerprint density at radius 2 is 2.19 bits per heavy atom. The molecule has 2 rings (SSSR count). The van der Waals surface area contributed by atoms with Crippen LogP contribution in [0.2, 0.25) is 0 Å². The van der Waals surface area contributed by atoms with Crippen LogP contribution in [-0.4, -0.2) is 50.0 Å². The maximum atomic E-state index is 12.3. The molecule has 0 aliphatic carbocycles. The van der Waals surface area contributed by atoms with Gasteiger partial charge in [0.25, 0.3) is 0 Å². The van der Waals surface area contributed by atoms with E-state index >= 15 is 0 Å². The summed E-state index contributed by atoms with van der Waals surface area (Å²) in [5, 5.41) is 0. The molecule has 21 heavy (non-hydrogen) atoms. The first-order valence-corrected chi connectivity index (χ1v) is 9.69. The highest BCUT2D eigenvalue weighted by Gasteiger charge is 2.28. The second-order valence-electron chi connectivity index (χ2n) is 4.96. The molecule has 5 nitrogen and oxygen atoms in total. The van der Waals surface area contributed by atoms with Gasteiger partial charge in [-0.25, -0.2) is 8.42 Å². The molecule has 1 saturated heterocycles. The van der Waals surface area contributed by atoms with Gasteiger partial charge in [-0.1, -0.05) is 19.1 Å². The number of nitrogens with two attached hydrogens (primary N) is 1. The molecular weight excluding hydrogens is 308 g/mol. The predicted octanol–water partition coefficient (Wildman–Crippen LogP) is 1.80. The van der Waals surface area contributed by atoms with Crippen LogP contribution < -0.4 is 5.73 Å². The van der Waals surface area contributed by atoms with E-state index in [0.29, 0.717) is 31.1 Å². The molecule has 1 aromatic carbocycles. The number of nitrogen functional groups attached to an aromatic ring is 1. The van der Waals surface area contributed by atoms with Crippen molar-refractivity contribution in [1.29, 1.82) is 0 Å². The molecule has 0 radical (unpaired) electrons. The lowest BCUT2D eigenvalue weighted by atomic mass is 10.2. The van der Waals surface area contributed by atoms with E-state index in [9.17, 15) is 8.42 Å². The standard InChI is InChI=1S/C14H22N2O3S2/c1-2-12-11-16(7-8-19-12)21(17,18)10-9-20-14-6-4-3-5-13(14)15/h3-6,12H,2,7-11,15H2,1H3. The highest BCUT2D eigenvalue weighted by Crippen LogP contribution is 2.25. The summed E-state index contributed by atoms with van der Waals surface area (Å²) in [7, 11) is -3.22. The number of benzene rings is 1. The first-order valence-electron chi connectivity index (χ1n) is 7.09. The summed E-state index contributed by atoms with van der Waals surface area (Å²) in [6.07, 6.45) is 0.854. The molecule has 0 bridgehead atoms. The van der Waals surface area contributed by atoms with E-state index in [2.05, 4.69) is 0 Å². The van der Waals surface area contributed by atoms with Crippen LogP contribution in [0.25, 0.3) is 0 Å². The number of morpholine rings is 1. The van der Waals surface area contributed by atoms with Crippen molar-refractivity contribution >= 4 is 27.5 Å². The topological polar surface area (TPSA) is 72.6 Å². The fourth-order valence-corrected chi connectivity index (χ4v) is 5.00. The molecule has 1 atom stereocenters. The Kier molecular flexibility index (Phi) is 5.92. The number of hydrogen-bond acceptors (Lipinski definition) is 5. The molecule has 1 heterocycles. The number of rotatable bonds is 6. The molecule has 1 aliphatic rings. The molecule has 0 spiro atoms. The van der Waals surface area contributed by atoms with Crippen LogP contribution in [-0.2, 0) is 14.8 Å². The van der Waals surface area contributed by atoms with Crippen LogP contribution in [0.5, 0.6) is 0 Å². The molecule has 0 aromatic heterocycles. The summed E-state index contributed by atoms with van der Waals surface area (Å²) in [5.74, 6) is 0.632. The van der Waals surface area contributed by atoms with E-state index in [1.165, 1.54) is 11.8 Å². The monoisotopic (exact) mass is 330 g/mol. The first-order chi connectivity index (χ1) is 10.0. The van der Waals surface area contributed by atoms with Crippen molar-refractivity contribution in [3.05, 3.63) is 24.3 Å². The van der Waals surface area contributed by atoms with Gasteiger partial charge in [-0.15, -0.1) is 11.8 Å². The van der Waals surface area contributed by atoms with Gasteiger partial charge >= 0.3 is 0 Å². The number of anilines is 1. The minimum Gasteiger partial charge on any atom is -0.398 e. The molecule has 7 heteroatoms. The molecule has 1 aromatic rings. The lowest BCUT2D eigenvalue weighted by Gasteiger charge is -2.31. The Hall–Kier alpha value is -0.760. The molecule has 2 N–H and O–H groups in total. The van der Waals surface area contributed by atoms with Crippen LogP contribution in [0.15, 0.2) is 29.2 Å². The Balaban J connectivity index is 1.88.